The number of nitrogens with zero attached hydrogens (tertiary/aromatic N) is 1. The predicted molar refractivity (Wildman–Crippen MR) is 112 cm³/mol. The van der Waals surface area contributed by atoms with Crippen molar-refractivity contribution in [2.45, 2.75) is 38.3 Å². The molecule has 3 aliphatic heterocycles. The number of cyclic esters (lactones) is 1. The summed E-state index contributed by atoms with van der Waals surface area (Å²) < 4.78 is 17.2. The summed E-state index contributed by atoms with van der Waals surface area (Å²) in [6.07, 6.45) is 3.60. The summed E-state index contributed by atoms with van der Waals surface area (Å²) in [6.45, 7) is 5.02. The lowest BCUT2D eigenvalue weighted by atomic mass is 9.76. The molecule has 0 radical (unpaired) electrons. The molecule has 3 aliphatic rings. The summed E-state index contributed by atoms with van der Waals surface area (Å²) >= 11 is 0. The number of carbonyl (C=O) groups is 1. The van der Waals surface area contributed by atoms with Crippen molar-refractivity contribution >= 4 is 30.8 Å². The van der Waals surface area contributed by atoms with E-state index in [9.17, 15) is 4.79 Å². The second-order valence-electron chi connectivity index (χ2n) is 7.65. The number of fused-ring (bicyclic) bond motifs is 1. The van der Waals surface area contributed by atoms with Crippen molar-refractivity contribution in [1.82, 2.24) is 10.2 Å². The maximum atomic E-state index is 12.5. The molecule has 0 amide bonds. The van der Waals surface area contributed by atoms with Gasteiger partial charge in [-0.05, 0) is 38.4 Å². The van der Waals surface area contributed by atoms with Gasteiger partial charge in [-0.15, -0.1) is 24.8 Å². The first-order chi connectivity index (χ1) is 12.7. The standard InChI is InChI=1S/C20H28N2O4.2ClH/c1-24-17-5-2-4-15-13-22(10-3-11-25-18(15)17)14-16-12-20(19(23)26-16)6-8-21-9-7-20;;/h2,4-5,16,21H,3,6-14H2,1H3;2*1H. The number of carbonyl (C=O) groups excluding carboxylic acids is 1. The maximum Gasteiger partial charge on any atom is 0.312 e. The summed E-state index contributed by atoms with van der Waals surface area (Å²) in [4.78, 5) is 14.9. The zero-order valence-corrected chi connectivity index (χ0v) is 17.9. The van der Waals surface area contributed by atoms with Crippen molar-refractivity contribution in [2.75, 3.05) is 39.9 Å². The number of para-hydroxylation sites is 1. The molecule has 0 aromatic heterocycles. The predicted octanol–water partition coefficient (Wildman–Crippen LogP) is 2.81. The fourth-order valence-corrected chi connectivity index (χ4v) is 4.49. The van der Waals surface area contributed by atoms with E-state index in [1.54, 1.807) is 7.11 Å². The van der Waals surface area contributed by atoms with Gasteiger partial charge in [-0.2, -0.15) is 0 Å². The molecule has 0 aliphatic carbocycles. The van der Waals surface area contributed by atoms with Gasteiger partial charge in [-0.1, -0.05) is 12.1 Å². The molecule has 6 nitrogen and oxygen atoms in total. The normalized spacial score (nSPS) is 23.9. The van der Waals surface area contributed by atoms with Crippen LogP contribution in [0.4, 0.5) is 0 Å². The molecule has 4 rings (SSSR count). The van der Waals surface area contributed by atoms with Gasteiger partial charge in [0, 0.05) is 31.6 Å². The Morgan fingerprint density at radius 1 is 1.29 bits per heavy atom. The topological polar surface area (TPSA) is 60.0 Å². The minimum absolute atomic E-state index is 0. The van der Waals surface area contributed by atoms with Gasteiger partial charge < -0.3 is 19.5 Å². The molecule has 0 bridgehead atoms. The number of rotatable bonds is 3. The Morgan fingerprint density at radius 2 is 2.07 bits per heavy atom. The third kappa shape index (κ3) is 4.67. The van der Waals surface area contributed by atoms with Crippen molar-refractivity contribution in [3.8, 4) is 11.5 Å². The van der Waals surface area contributed by atoms with E-state index in [0.717, 1.165) is 75.5 Å². The summed E-state index contributed by atoms with van der Waals surface area (Å²) in [5.74, 6) is 1.64. The van der Waals surface area contributed by atoms with Crippen molar-refractivity contribution < 1.29 is 19.0 Å². The molecule has 0 saturated carbocycles. The highest BCUT2D eigenvalue weighted by molar-refractivity contribution is 5.85. The van der Waals surface area contributed by atoms with E-state index in [4.69, 9.17) is 14.2 Å². The number of ether oxygens (including phenoxy) is 3. The first-order valence-corrected chi connectivity index (χ1v) is 9.63. The second kappa shape index (κ2) is 10.0. The number of benzene rings is 1. The summed E-state index contributed by atoms with van der Waals surface area (Å²) in [5, 5.41) is 3.35. The number of hydrogen-bond acceptors (Lipinski definition) is 6. The Bertz CT molecular complexity index is 668. The average Bonchev–Trinajstić information content (AvgIpc) is 2.92. The highest BCUT2D eigenvalue weighted by Gasteiger charge is 2.49. The Morgan fingerprint density at radius 3 is 2.82 bits per heavy atom. The number of piperidine rings is 1. The van der Waals surface area contributed by atoms with Gasteiger partial charge in [-0.3, -0.25) is 9.69 Å². The second-order valence-corrected chi connectivity index (χ2v) is 7.65. The third-order valence-corrected chi connectivity index (χ3v) is 5.89. The van der Waals surface area contributed by atoms with E-state index in [0.29, 0.717) is 6.61 Å². The highest BCUT2D eigenvalue weighted by Crippen LogP contribution is 2.42. The molecule has 2 saturated heterocycles. The van der Waals surface area contributed by atoms with Gasteiger partial charge >= 0.3 is 5.97 Å². The average molecular weight is 433 g/mol. The molecule has 1 atom stereocenters. The zero-order chi connectivity index (χ0) is 18.0. The molecule has 1 spiro atoms. The lowest BCUT2D eigenvalue weighted by Gasteiger charge is -2.30. The Kier molecular flexibility index (Phi) is 8.25. The van der Waals surface area contributed by atoms with Gasteiger partial charge in [0.2, 0.25) is 0 Å². The van der Waals surface area contributed by atoms with Gasteiger partial charge in [0.05, 0.1) is 19.1 Å². The van der Waals surface area contributed by atoms with Crippen LogP contribution in [0, 0.1) is 5.41 Å². The largest absolute Gasteiger partial charge is 0.493 e. The van der Waals surface area contributed by atoms with Crippen LogP contribution in [0.1, 0.15) is 31.2 Å². The molecule has 1 N–H and O–H groups in total. The van der Waals surface area contributed by atoms with Gasteiger partial charge in [0.1, 0.15) is 6.10 Å². The van der Waals surface area contributed by atoms with Crippen LogP contribution in [-0.4, -0.2) is 56.9 Å². The molecule has 28 heavy (non-hydrogen) atoms. The molecule has 2 fully saturated rings. The van der Waals surface area contributed by atoms with Crippen LogP contribution in [0.5, 0.6) is 11.5 Å². The van der Waals surface area contributed by atoms with Crippen LogP contribution < -0.4 is 14.8 Å². The van der Waals surface area contributed by atoms with Crippen LogP contribution in [0.25, 0.3) is 0 Å². The van der Waals surface area contributed by atoms with E-state index in [1.165, 1.54) is 0 Å². The minimum Gasteiger partial charge on any atom is -0.493 e. The molecule has 8 heteroatoms. The van der Waals surface area contributed by atoms with Crippen molar-refractivity contribution in [3.63, 3.8) is 0 Å². The number of nitrogens with one attached hydrogen (secondary N) is 1. The van der Waals surface area contributed by atoms with E-state index >= 15 is 0 Å². The monoisotopic (exact) mass is 432 g/mol. The molecule has 3 heterocycles. The molecule has 158 valence electrons. The van der Waals surface area contributed by atoms with E-state index in [2.05, 4.69) is 16.3 Å². The van der Waals surface area contributed by atoms with E-state index in [1.807, 2.05) is 12.1 Å². The van der Waals surface area contributed by atoms with Crippen molar-refractivity contribution in [1.29, 1.82) is 0 Å². The van der Waals surface area contributed by atoms with Gasteiger partial charge in [-0.25, -0.2) is 0 Å². The Hall–Kier alpha value is -1.21. The molecule has 1 unspecified atom stereocenters. The smallest absolute Gasteiger partial charge is 0.312 e. The van der Waals surface area contributed by atoms with Crippen LogP contribution in [0.2, 0.25) is 0 Å². The zero-order valence-electron chi connectivity index (χ0n) is 16.3. The Balaban J connectivity index is 0.00000140. The molecule has 1 aromatic carbocycles. The van der Waals surface area contributed by atoms with Crippen LogP contribution in [0.15, 0.2) is 18.2 Å². The van der Waals surface area contributed by atoms with Crippen LogP contribution >= 0.6 is 24.8 Å². The quantitative estimate of drug-likeness (QED) is 0.740. The first kappa shape index (κ1) is 23.1. The number of hydrogen-bond donors (Lipinski definition) is 1. The fourth-order valence-electron chi connectivity index (χ4n) is 4.49. The van der Waals surface area contributed by atoms with E-state index in [-0.39, 0.29) is 42.3 Å². The minimum atomic E-state index is -0.247. The number of halogens is 2. The number of methoxy groups -OCH3 is 1. The fraction of sp³-hybridized carbons (Fsp3) is 0.650. The summed E-state index contributed by atoms with van der Waals surface area (Å²) in [7, 11) is 1.67. The van der Waals surface area contributed by atoms with Crippen LogP contribution in [0.3, 0.4) is 0 Å². The molecular weight excluding hydrogens is 403 g/mol. The van der Waals surface area contributed by atoms with Gasteiger partial charge in [0.15, 0.2) is 11.5 Å². The molecule has 1 aromatic rings. The lowest BCUT2D eigenvalue weighted by molar-refractivity contribution is -0.150. The van der Waals surface area contributed by atoms with Crippen LogP contribution in [-0.2, 0) is 16.1 Å². The highest BCUT2D eigenvalue weighted by atomic mass is 35.5. The van der Waals surface area contributed by atoms with Crippen molar-refractivity contribution in [2.24, 2.45) is 5.41 Å². The Labute approximate surface area is 179 Å². The summed E-state index contributed by atoms with van der Waals surface area (Å²) in [5.41, 5.74) is 0.882. The number of esters is 1. The van der Waals surface area contributed by atoms with Gasteiger partial charge in [0.25, 0.3) is 0 Å². The lowest BCUT2D eigenvalue weighted by Crippen LogP contribution is -2.40. The molecular formula is C20H30Cl2N2O4. The maximum absolute atomic E-state index is 12.5. The third-order valence-electron chi connectivity index (χ3n) is 5.89. The first-order valence-electron chi connectivity index (χ1n) is 9.63. The van der Waals surface area contributed by atoms with E-state index < -0.39 is 0 Å². The van der Waals surface area contributed by atoms with Crippen molar-refractivity contribution in [3.05, 3.63) is 23.8 Å². The SMILES string of the molecule is COc1cccc2c1OCCCN(CC1CC3(CCNCC3)C(=O)O1)C2.Cl.Cl. The summed E-state index contributed by atoms with van der Waals surface area (Å²) in [6, 6.07) is 6.02.